The van der Waals surface area contributed by atoms with Crippen molar-refractivity contribution in [1.82, 2.24) is 40.0 Å². The number of guanidine groups is 2. The molecule has 0 radical (unpaired) electrons. The van der Waals surface area contributed by atoms with Gasteiger partial charge in [-0.3, -0.25) is 19.8 Å². The standard InChI is InChI=1S/C31H32N12O3S4/c1-18-19(6-3-7-32-18)12-42(2)26(44)24-36-20(13-47-24)22-16-50-31(39-22)41-29-35-10-5-11-43(29)17-46-27(45)25-37-21(14-48-25)23-15-49-30(38-23)40-28-33-8-4-9-34-28/h3,6-7,13-16H,4-5,8-12,17H2,1-2H3,(H,35,39,41)(H2,33,34,38,40). The normalized spacial score (nSPS) is 14.4. The summed E-state index contributed by atoms with van der Waals surface area (Å²) in [5, 5.41) is 19.0. The highest BCUT2D eigenvalue weighted by Gasteiger charge is 2.23. The molecule has 1 amide bonds. The Bertz CT molecular complexity index is 2050. The molecule has 0 fully saturated rings. The van der Waals surface area contributed by atoms with Gasteiger partial charge in [0.15, 0.2) is 28.0 Å². The van der Waals surface area contributed by atoms with E-state index in [1.807, 2.05) is 40.1 Å². The van der Waals surface area contributed by atoms with Crippen molar-refractivity contribution in [1.29, 1.82) is 0 Å². The van der Waals surface area contributed by atoms with E-state index < -0.39 is 5.97 Å². The number of thiazole rings is 4. The van der Waals surface area contributed by atoms with Crippen molar-refractivity contribution in [3.05, 3.63) is 61.1 Å². The monoisotopic (exact) mass is 748 g/mol. The van der Waals surface area contributed by atoms with Crippen molar-refractivity contribution in [2.45, 2.75) is 26.3 Å². The van der Waals surface area contributed by atoms with Crippen LogP contribution in [-0.4, -0.2) is 98.5 Å². The van der Waals surface area contributed by atoms with Gasteiger partial charge in [0.25, 0.3) is 5.91 Å². The van der Waals surface area contributed by atoms with Gasteiger partial charge < -0.3 is 30.5 Å². The van der Waals surface area contributed by atoms with Gasteiger partial charge >= 0.3 is 5.97 Å². The molecule has 2 aliphatic heterocycles. The number of carbonyl (C=O) groups is 2. The number of amides is 1. The molecular weight excluding hydrogens is 717 g/mol. The molecule has 5 aromatic heterocycles. The van der Waals surface area contributed by atoms with Crippen LogP contribution in [0.3, 0.4) is 0 Å². The SMILES string of the molecule is Cc1ncccc1CN(C)C(=O)c1nc(-c2csc(NC3=NCCCN3COC(=O)c3nc(-c4csc(NC5=NCCCN5)n4)cs3)n2)cs1. The lowest BCUT2D eigenvalue weighted by atomic mass is 10.2. The second-order valence-corrected chi connectivity index (χ2v) is 14.6. The van der Waals surface area contributed by atoms with Gasteiger partial charge in [0.2, 0.25) is 11.0 Å². The third-order valence-electron chi connectivity index (χ3n) is 7.61. The van der Waals surface area contributed by atoms with Crippen molar-refractivity contribution in [3.63, 3.8) is 0 Å². The van der Waals surface area contributed by atoms with Crippen LogP contribution >= 0.6 is 45.3 Å². The van der Waals surface area contributed by atoms with Gasteiger partial charge in [-0.2, -0.15) is 0 Å². The molecule has 258 valence electrons. The maximum atomic E-state index is 13.1. The molecule has 0 saturated heterocycles. The summed E-state index contributed by atoms with van der Waals surface area (Å²) >= 11 is 5.34. The van der Waals surface area contributed by atoms with Gasteiger partial charge in [0.1, 0.15) is 22.8 Å². The highest BCUT2D eigenvalue weighted by molar-refractivity contribution is 7.15. The summed E-state index contributed by atoms with van der Waals surface area (Å²) < 4.78 is 5.65. The van der Waals surface area contributed by atoms with Crippen molar-refractivity contribution in [2.75, 3.05) is 50.6 Å². The summed E-state index contributed by atoms with van der Waals surface area (Å²) in [4.78, 5) is 61.2. The number of esters is 1. The molecule has 0 aliphatic carbocycles. The van der Waals surface area contributed by atoms with Gasteiger partial charge in [-0.15, -0.1) is 45.3 Å². The average molecular weight is 749 g/mol. The number of hydrogen-bond acceptors (Lipinski definition) is 18. The van der Waals surface area contributed by atoms with Crippen molar-refractivity contribution in [3.8, 4) is 22.8 Å². The minimum Gasteiger partial charge on any atom is -0.439 e. The predicted molar refractivity (Wildman–Crippen MR) is 197 cm³/mol. The fourth-order valence-corrected chi connectivity index (χ4v) is 7.86. The predicted octanol–water partition coefficient (Wildman–Crippen LogP) is 4.87. The Kier molecular flexibility index (Phi) is 10.3. The first-order valence-corrected chi connectivity index (χ1v) is 19.2. The van der Waals surface area contributed by atoms with E-state index in [1.165, 1.54) is 45.3 Å². The Morgan fingerprint density at radius 1 is 0.900 bits per heavy atom. The smallest absolute Gasteiger partial charge is 0.369 e. The highest BCUT2D eigenvalue weighted by atomic mass is 32.1. The fourth-order valence-electron chi connectivity index (χ4n) is 4.96. The molecule has 5 aromatic rings. The second kappa shape index (κ2) is 15.4. The summed E-state index contributed by atoms with van der Waals surface area (Å²) in [6.07, 6.45) is 3.57. The van der Waals surface area contributed by atoms with Crippen LogP contribution in [-0.2, 0) is 11.3 Å². The van der Waals surface area contributed by atoms with Crippen LogP contribution in [0.15, 0.2) is 49.8 Å². The summed E-state index contributed by atoms with van der Waals surface area (Å²) in [5.74, 6) is 0.586. The Labute approximate surface area is 303 Å². The number of carbonyl (C=O) groups excluding carboxylic acids is 2. The molecule has 0 saturated carbocycles. The molecule has 0 spiro atoms. The number of aromatic nitrogens is 5. The number of hydrogen-bond donors (Lipinski definition) is 3. The zero-order valence-corrected chi connectivity index (χ0v) is 30.3. The number of aryl methyl sites for hydroxylation is 1. The lowest BCUT2D eigenvalue weighted by Crippen LogP contribution is -2.42. The van der Waals surface area contributed by atoms with Crippen LogP contribution in [0.25, 0.3) is 22.8 Å². The van der Waals surface area contributed by atoms with Crippen LogP contribution in [0.2, 0.25) is 0 Å². The molecule has 7 heterocycles. The minimum absolute atomic E-state index is 0.00133. The third kappa shape index (κ3) is 7.96. The lowest BCUT2D eigenvalue weighted by Gasteiger charge is -2.28. The van der Waals surface area contributed by atoms with E-state index >= 15 is 0 Å². The summed E-state index contributed by atoms with van der Waals surface area (Å²) in [5.41, 5.74) is 4.42. The van der Waals surface area contributed by atoms with Crippen LogP contribution in [0.1, 0.15) is 43.7 Å². The number of nitrogens with zero attached hydrogens (tertiary/aromatic N) is 9. The number of anilines is 2. The van der Waals surface area contributed by atoms with E-state index in [1.54, 1.807) is 23.5 Å². The maximum absolute atomic E-state index is 13.1. The second-order valence-electron chi connectivity index (χ2n) is 11.2. The van der Waals surface area contributed by atoms with E-state index in [-0.39, 0.29) is 17.6 Å². The Morgan fingerprint density at radius 2 is 1.58 bits per heavy atom. The van der Waals surface area contributed by atoms with Crippen molar-refractivity contribution in [2.24, 2.45) is 9.98 Å². The molecule has 0 bridgehead atoms. The summed E-state index contributed by atoms with van der Waals surface area (Å²) in [6, 6.07) is 3.83. The van der Waals surface area contributed by atoms with Crippen molar-refractivity contribution < 1.29 is 14.3 Å². The lowest BCUT2D eigenvalue weighted by molar-refractivity contribution is 0.0341. The molecule has 3 N–H and O–H groups in total. The van der Waals surface area contributed by atoms with E-state index in [0.717, 1.165) is 37.2 Å². The van der Waals surface area contributed by atoms with E-state index in [9.17, 15) is 9.59 Å². The Morgan fingerprint density at radius 3 is 2.32 bits per heavy atom. The first kappa shape index (κ1) is 33.6. The topological polar surface area (TPSA) is 175 Å². The summed E-state index contributed by atoms with van der Waals surface area (Å²) in [7, 11) is 1.76. The highest BCUT2D eigenvalue weighted by Crippen LogP contribution is 2.29. The first-order valence-electron chi connectivity index (χ1n) is 15.7. The Hall–Kier alpha value is -4.85. The molecule has 0 aromatic carbocycles. The largest absolute Gasteiger partial charge is 0.439 e. The van der Waals surface area contributed by atoms with E-state index in [0.29, 0.717) is 69.6 Å². The van der Waals surface area contributed by atoms with Crippen LogP contribution < -0.4 is 16.0 Å². The number of ether oxygens (including phenoxy) is 1. The molecule has 50 heavy (non-hydrogen) atoms. The van der Waals surface area contributed by atoms with E-state index in [4.69, 9.17) is 4.74 Å². The fraction of sp³-hybridized carbons (Fsp3) is 0.323. The molecular formula is C31H32N12O3S4. The summed E-state index contributed by atoms with van der Waals surface area (Å²) in [6.45, 7) is 5.31. The average Bonchev–Trinajstić information content (AvgIpc) is 3.96. The van der Waals surface area contributed by atoms with Crippen molar-refractivity contribution >= 4 is 79.4 Å². The van der Waals surface area contributed by atoms with Gasteiger partial charge in [-0.05, 0) is 31.4 Å². The zero-order valence-electron chi connectivity index (χ0n) is 27.1. The third-order valence-corrected chi connectivity index (χ3v) is 10.8. The van der Waals surface area contributed by atoms with Gasteiger partial charge in [0, 0.05) is 73.2 Å². The van der Waals surface area contributed by atoms with Gasteiger partial charge in [0.05, 0.1) is 0 Å². The molecule has 0 atom stereocenters. The van der Waals surface area contributed by atoms with Crippen LogP contribution in [0.5, 0.6) is 0 Å². The minimum atomic E-state index is -0.521. The molecule has 7 rings (SSSR count). The van der Waals surface area contributed by atoms with Crippen LogP contribution in [0.4, 0.5) is 10.3 Å². The molecule has 2 aliphatic rings. The number of aliphatic imine (C=N–C) groups is 2. The van der Waals surface area contributed by atoms with Crippen LogP contribution in [0, 0.1) is 6.92 Å². The van der Waals surface area contributed by atoms with Gasteiger partial charge in [-0.25, -0.2) is 24.7 Å². The van der Waals surface area contributed by atoms with Gasteiger partial charge in [-0.1, -0.05) is 6.07 Å². The number of pyridine rings is 1. The molecule has 15 nitrogen and oxygen atoms in total. The zero-order chi connectivity index (χ0) is 34.5. The van der Waals surface area contributed by atoms with E-state index in [2.05, 4.69) is 50.9 Å². The maximum Gasteiger partial charge on any atom is 0.369 e. The Balaban J connectivity index is 0.928. The quantitative estimate of drug-likeness (QED) is 0.166. The number of nitrogens with one attached hydrogen (secondary N) is 3. The first-order chi connectivity index (χ1) is 24.4. The molecule has 19 heteroatoms. The molecule has 0 unspecified atom stereocenters. The number of rotatable bonds is 10.